The lowest BCUT2D eigenvalue weighted by atomic mass is 10.0. The van der Waals surface area contributed by atoms with Crippen molar-refractivity contribution in [3.63, 3.8) is 0 Å². The molecule has 26 heavy (non-hydrogen) atoms. The van der Waals surface area contributed by atoms with Gasteiger partial charge < -0.3 is 11.1 Å². The SMILES string of the molecule is C=CC1=C(C=C)CC(N2C(C)CCC2CC(C)Nc2ccccc2N)C1. The van der Waals surface area contributed by atoms with Crippen molar-refractivity contribution in [3.05, 3.63) is 60.7 Å². The summed E-state index contributed by atoms with van der Waals surface area (Å²) < 4.78 is 0. The maximum Gasteiger partial charge on any atom is 0.0575 e. The number of hydrogen-bond donors (Lipinski definition) is 2. The Morgan fingerprint density at radius 2 is 1.85 bits per heavy atom. The molecule has 3 heteroatoms. The lowest BCUT2D eigenvalue weighted by molar-refractivity contribution is 0.132. The summed E-state index contributed by atoms with van der Waals surface area (Å²) >= 11 is 0. The van der Waals surface area contributed by atoms with Gasteiger partial charge in [0.2, 0.25) is 0 Å². The summed E-state index contributed by atoms with van der Waals surface area (Å²) in [5.74, 6) is 0. The molecule has 0 amide bonds. The van der Waals surface area contributed by atoms with Crippen LogP contribution in [-0.2, 0) is 0 Å². The minimum absolute atomic E-state index is 0.393. The lowest BCUT2D eigenvalue weighted by Crippen LogP contribution is -2.44. The van der Waals surface area contributed by atoms with E-state index < -0.39 is 0 Å². The van der Waals surface area contributed by atoms with E-state index in [1.165, 1.54) is 24.0 Å². The van der Waals surface area contributed by atoms with Crippen molar-refractivity contribution < 1.29 is 0 Å². The summed E-state index contributed by atoms with van der Waals surface area (Å²) in [6, 6.07) is 10.3. The van der Waals surface area contributed by atoms with Gasteiger partial charge in [-0.15, -0.1) is 0 Å². The third-order valence-electron chi connectivity index (χ3n) is 6.07. The van der Waals surface area contributed by atoms with Crippen molar-refractivity contribution in [3.8, 4) is 0 Å². The van der Waals surface area contributed by atoms with Crippen LogP contribution in [0.5, 0.6) is 0 Å². The first-order valence-corrected chi connectivity index (χ1v) is 9.88. The summed E-state index contributed by atoms with van der Waals surface area (Å²) in [6.45, 7) is 12.6. The molecule has 0 saturated carbocycles. The van der Waals surface area contributed by atoms with Gasteiger partial charge in [0.25, 0.3) is 0 Å². The van der Waals surface area contributed by atoms with E-state index in [1.807, 2.05) is 30.4 Å². The highest BCUT2D eigenvalue weighted by Crippen LogP contribution is 2.38. The van der Waals surface area contributed by atoms with Crippen molar-refractivity contribution in [1.82, 2.24) is 4.90 Å². The highest BCUT2D eigenvalue weighted by Gasteiger charge is 2.38. The summed E-state index contributed by atoms with van der Waals surface area (Å²) in [7, 11) is 0. The molecule has 0 spiro atoms. The number of para-hydroxylation sites is 2. The highest BCUT2D eigenvalue weighted by molar-refractivity contribution is 5.65. The number of anilines is 2. The van der Waals surface area contributed by atoms with Crippen LogP contribution in [0.1, 0.15) is 46.0 Å². The molecule has 3 rings (SSSR count). The predicted octanol–water partition coefficient (Wildman–Crippen LogP) is 5.14. The Morgan fingerprint density at radius 1 is 1.19 bits per heavy atom. The smallest absolute Gasteiger partial charge is 0.0575 e. The Morgan fingerprint density at radius 3 is 2.46 bits per heavy atom. The Labute approximate surface area is 158 Å². The second kappa shape index (κ2) is 8.13. The van der Waals surface area contributed by atoms with E-state index in [0.717, 1.165) is 30.6 Å². The van der Waals surface area contributed by atoms with Crippen molar-refractivity contribution in [2.45, 2.75) is 70.1 Å². The number of nitrogen functional groups attached to an aromatic ring is 1. The van der Waals surface area contributed by atoms with Gasteiger partial charge in [0.05, 0.1) is 11.4 Å². The number of nitrogens with zero attached hydrogens (tertiary/aromatic N) is 1. The van der Waals surface area contributed by atoms with E-state index in [0.29, 0.717) is 24.2 Å². The second-order valence-corrected chi connectivity index (χ2v) is 7.92. The number of allylic oxidation sites excluding steroid dienone is 2. The second-order valence-electron chi connectivity index (χ2n) is 7.92. The van der Waals surface area contributed by atoms with Crippen molar-refractivity contribution in [2.75, 3.05) is 11.1 Å². The number of nitrogens with two attached hydrogens (primary N) is 1. The zero-order valence-electron chi connectivity index (χ0n) is 16.2. The Balaban J connectivity index is 1.65. The van der Waals surface area contributed by atoms with Crippen LogP contribution in [-0.4, -0.2) is 29.1 Å². The van der Waals surface area contributed by atoms with Crippen LogP contribution in [0.3, 0.4) is 0 Å². The van der Waals surface area contributed by atoms with Gasteiger partial charge in [0.1, 0.15) is 0 Å². The zero-order valence-corrected chi connectivity index (χ0v) is 16.2. The summed E-state index contributed by atoms with van der Waals surface area (Å²) in [5, 5.41) is 3.61. The minimum Gasteiger partial charge on any atom is -0.397 e. The summed E-state index contributed by atoms with van der Waals surface area (Å²) in [6.07, 6.45) is 9.97. The molecule has 1 aromatic rings. The van der Waals surface area contributed by atoms with Crippen molar-refractivity contribution in [1.29, 1.82) is 0 Å². The first kappa shape index (κ1) is 18.8. The first-order chi connectivity index (χ1) is 12.5. The number of nitrogens with one attached hydrogen (secondary N) is 1. The van der Waals surface area contributed by atoms with E-state index >= 15 is 0 Å². The van der Waals surface area contributed by atoms with Gasteiger partial charge in [-0.2, -0.15) is 0 Å². The molecule has 0 aromatic heterocycles. The van der Waals surface area contributed by atoms with Crippen LogP contribution in [0, 0.1) is 0 Å². The van der Waals surface area contributed by atoms with Crippen molar-refractivity contribution in [2.24, 2.45) is 0 Å². The van der Waals surface area contributed by atoms with E-state index in [9.17, 15) is 0 Å². The lowest BCUT2D eigenvalue weighted by Gasteiger charge is -2.36. The summed E-state index contributed by atoms with van der Waals surface area (Å²) in [5.41, 5.74) is 10.7. The molecule has 1 aliphatic heterocycles. The van der Waals surface area contributed by atoms with Gasteiger partial charge in [0.15, 0.2) is 0 Å². The van der Waals surface area contributed by atoms with E-state index in [4.69, 9.17) is 5.73 Å². The zero-order chi connectivity index (χ0) is 18.7. The number of rotatable bonds is 7. The molecule has 140 valence electrons. The molecule has 1 aromatic carbocycles. The van der Waals surface area contributed by atoms with Gasteiger partial charge in [-0.1, -0.05) is 37.4 Å². The van der Waals surface area contributed by atoms with Crippen LogP contribution in [0.25, 0.3) is 0 Å². The maximum absolute atomic E-state index is 6.09. The van der Waals surface area contributed by atoms with E-state index in [2.05, 4.69) is 43.3 Å². The van der Waals surface area contributed by atoms with Gasteiger partial charge in [-0.3, -0.25) is 4.90 Å². The van der Waals surface area contributed by atoms with Crippen LogP contribution in [0.2, 0.25) is 0 Å². The molecule has 1 fully saturated rings. The normalized spacial score (nSPS) is 25.5. The third kappa shape index (κ3) is 3.88. The fourth-order valence-electron chi connectivity index (χ4n) is 4.83. The molecule has 3 atom stereocenters. The average Bonchev–Trinajstić information content (AvgIpc) is 3.19. The molecule has 3 nitrogen and oxygen atoms in total. The fraction of sp³-hybridized carbons (Fsp3) is 0.478. The number of benzene rings is 1. The molecule has 0 bridgehead atoms. The van der Waals surface area contributed by atoms with Gasteiger partial charge in [0, 0.05) is 24.2 Å². The Kier molecular flexibility index (Phi) is 5.87. The molecule has 3 unspecified atom stereocenters. The van der Waals surface area contributed by atoms with Crippen LogP contribution in [0.4, 0.5) is 11.4 Å². The van der Waals surface area contributed by atoms with Gasteiger partial charge in [-0.05, 0) is 69.2 Å². The predicted molar refractivity (Wildman–Crippen MR) is 113 cm³/mol. The van der Waals surface area contributed by atoms with Crippen LogP contribution >= 0.6 is 0 Å². The molecule has 0 radical (unpaired) electrons. The largest absolute Gasteiger partial charge is 0.397 e. The third-order valence-corrected chi connectivity index (χ3v) is 6.07. The van der Waals surface area contributed by atoms with Gasteiger partial charge >= 0.3 is 0 Å². The monoisotopic (exact) mass is 351 g/mol. The minimum atomic E-state index is 0.393. The van der Waals surface area contributed by atoms with Crippen molar-refractivity contribution >= 4 is 11.4 Å². The Bertz CT molecular complexity index is 670. The maximum atomic E-state index is 6.09. The molecule has 1 saturated heterocycles. The molecule has 2 aliphatic rings. The molecule has 1 aliphatic carbocycles. The highest BCUT2D eigenvalue weighted by atomic mass is 15.2. The van der Waals surface area contributed by atoms with Gasteiger partial charge in [-0.25, -0.2) is 0 Å². The molecule has 3 N–H and O–H groups in total. The molecular formula is C23H33N3. The van der Waals surface area contributed by atoms with Crippen LogP contribution in [0.15, 0.2) is 60.7 Å². The Hall–Kier alpha value is -2.00. The topological polar surface area (TPSA) is 41.3 Å². The average molecular weight is 352 g/mol. The van der Waals surface area contributed by atoms with Crippen LogP contribution < -0.4 is 11.1 Å². The first-order valence-electron chi connectivity index (χ1n) is 9.88. The summed E-state index contributed by atoms with van der Waals surface area (Å²) in [4.78, 5) is 2.77. The fourth-order valence-corrected chi connectivity index (χ4v) is 4.83. The molecule has 1 heterocycles. The van der Waals surface area contributed by atoms with E-state index in [1.54, 1.807) is 0 Å². The standard InChI is InChI=1S/C23H33N3/c1-5-18-14-21(15-19(18)6-2)26-17(4)11-12-20(26)13-16(3)25-23-10-8-7-9-22(23)24/h5-10,16-17,20-21,25H,1-2,11-15,24H2,3-4H3. The molecular weight excluding hydrogens is 318 g/mol. The number of likely N-dealkylation sites (tertiary alicyclic amines) is 1. The quantitative estimate of drug-likeness (QED) is 0.668. The number of hydrogen-bond acceptors (Lipinski definition) is 3. The van der Waals surface area contributed by atoms with E-state index in [-0.39, 0.29) is 0 Å².